The van der Waals surface area contributed by atoms with E-state index >= 15 is 0 Å². The molecule has 0 amide bonds. The van der Waals surface area contributed by atoms with Crippen molar-refractivity contribution in [3.63, 3.8) is 0 Å². The predicted molar refractivity (Wildman–Crippen MR) is 72.2 cm³/mol. The summed E-state index contributed by atoms with van der Waals surface area (Å²) in [4.78, 5) is 2.27. The molecule has 1 aromatic carbocycles. The first kappa shape index (κ1) is 13.5. The quantitative estimate of drug-likeness (QED) is 0.855. The van der Waals surface area contributed by atoms with Gasteiger partial charge in [-0.15, -0.1) is 0 Å². The minimum absolute atomic E-state index is 0.0937. The van der Waals surface area contributed by atoms with Crippen molar-refractivity contribution in [1.82, 2.24) is 4.90 Å². The minimum atomic E-state index is -0.459. The molecule has 0 aromatic heterocycles. The normalized spacial score (nSPS) is 25.9. The highest BCUT2D eigenvalue weighted by Crippen LogP contribution is 2.27. The van der Waals surface area contributed by atoms with Gasteiger partial charge < -0.3 is 10.2 Å². The second-order valence-electron chi connectivity index (χ2n) is 5.38. The predicted octanol–water partition coefficient (Wildman–Crippen LogP) is 1.81. The lowest BCUT2D eigenvalue weighted by Crippen LogP contribution is -2.36. The molecule has 1 fully saturated rings. The molecule has 0 saturated carbocycles. The van der Waals surface area contributed by atoms with Crippen molar-refractivity contribution >= 4 is 0 Å². The zero-order valence-electron chi connectivity index (χ0n) is 11.2. The minimum Gasteiger partial charge on any atom is -0.393 e. The van der Waals surface area contributed by atoms with Crippen molar-refractivity contribution in [2.75, 3.05) is 13.1 Å². The van der Waals surface area contributed by atoms with Gasteiger partial charge in [0, 0.05) is 12.6 Å². The van der Waals surface area contributed by atoms with Gasteiger partial charge in [-0.1, -0.05) is 30.3 Å². The molecule has 0 radical (unpaired) electrons. The molecule has 4 atom stereocenters. The van der Waals surface area contributed by atoms with Crippen molar-refractivity contribution in [1.29, 1.82) is 0 Å². The lowest BCUT2D eigenvalue weighted by molar-refractivity contribution is 0.0614. The van der Waals surface area contributed by atoms with Crippen LogP contribution in [0.5, 0.6) is 0 Å². The van der Waals surface area contributed by atoms with Gasteiger partial charge in [0.05, 0.1) is 12.2 Å². The Hall–Kier alpha value is -0.900. The Bertz CT molecular complexity index is 366. The summed E-state index contributed by atoms with van der Waals surface area (Å²) in [6.45, 7) is 5.75. The van der Waals surface area contributed by atoms with Crippen LogP contribution in [0.4, 0.5) is 0 Å². The molecule has 0 aliphatic carbocycles. The number of hydrogen-bond donors (Lipinski definition) is 2. The molecule has 2 rings (SSSR count). The van der Waals surface area contributed by atoms with Gasteiger partial charge in [0.25, 0.3) is 0 Å². The van der Waals surface area contributed by atoms with Crippen molar-refractivity contribution in [2.24, 2.45) is 5.92 Å². The molecule has 2 N–H and O–H groups in total. The van der Waals surface area contributed by atoms with Crippen LogP contribution >= 0.6 is 0 Å². The lowest BCUT2D eigenvalue weighted by Gasteiger charge is -2.29. The monoisotopic (exact) mass is 249 g/mol. The Morgan fingerprint density at radius 3 is 2.39 bits per heavy atom. The van der Waals surface area contributed by atoms with Crippen LogP contribution in [-0.2, 0) is 0 Å². The molecule has 1 aliphatic heterocycles. The zero-order chi connectivity index (χ0) is 13.1. The number of benzene rings is 1. The molecule has 0 bridgehead atoms. The molecule has 1 aromatic rings. The smallest absolute Gasteiger partial charge is 0.0942 e. The van der Waals surface area contributed by atoms with E-state index in [2.05, 4.69) is 11.8 Å². The SMILES string of the molecule is C[C@H](O)[C@@H]1CCN([C@@H](C)[C@H](O)c2ccccc2)C1. The summed E-state index contributed by atoms with van der Waals surface area (Å²) in [6, 6.07) is 9.88. The van der Waals surface area contributed by atoms with E-state index in [-0.39, 0.29) is 12.1 Å². The standard InChI is InChI=1S/C15H23NO2/c1-11(15(18)13-6-4-3-5-7-13)16-9-8-14(10-16)12(2)17/h3-7,11-12,14-15,17-18H,8-10H2,1-2H3/t11-,12-,14+,15-/m0/s1. The summed E-state index contributed by atoms with van der Waals surface area (Å²) in [7, 11) is 0. The van der Waals surface area contributed by atoms with Crippen LogP contribution in [0.3, 0.4) is 0 Å². The summed E-state index contributed by atoms with van der Waals surface area (Å²) in [5.74, 6) is 0.343. The lowest BCUT2D eigenvalue weighted by atomic mass is 10.0. The number of hydrogen-bond acceptors (Lipinski definition) is 3. The van der Waals surface area contributed by atoms with Crippen molar-refractivity contribution in [3.05, 3.63) is 35.9 Å². The van der Waals surface area contributed by atoms with Crippen LogP contribution in [0.15, 0.2) is 30.3 Å². The van der Waals surface area contributed by atoms with Gasteiger partial charge >= 0.3 is 0 Å². The van der Waals surface area contributed by atoms with E-state index in [4.69, 9.17) is 0 Å². The largest absolute Gasteiger partial charge is 0.393 e. The van der Waals surface area contributed by atoms with Gasteiger partial charge in [-0.2, -0.15) is 0 Å². The molecule has 1 saturated heterocycles. The fraction of sp³-hybridized carbons (Fsp3) is 0.600. The van der Waals surface area contributed by atoms with Gasteiger partial charge in [-0.25, -0.2) is 0 Å². The molecule has 1 heterocycles. The molecule has 3 nitrogen and oxygen atoms in total. The molecular formula is C15H23NO2. The maximum atomic E-state index is 10.4. The molecule has 3 heteroatoms. The number of aliphatic hydroxyl groups excluding tert-OH is 2. The summed E-state index contributed by atoms with van der Waals surface area (Å²) in [6.07, 6.45) is 0.304. The highest BCUT2D eigenvalue weighted by atomic mass is 16.3. The van der Waals surface area contributed by atoms with Crippen molar-refractivity contribution in [3.8, 4) is 0 Å². The van der Waals surface area contributed by atoms with Crippen molar-refractivity contribution < 1.29 is 10.2 Å². The number of rotatable bonds is 4. The van der Waals surface area contributed by atoms with E-state index in [1.807, 2.05) is 37.3 Å². The van der Waals surface area contributed by atoms with Crippen LogP contribution in [0, 0.1) is 5.92 Å². The van der Waals surface area contributed by atoms with Gasteiger partial charge in [-0.05, 0) is 38.3 Å². The fourth-order valence-electron chi connectivity index (χ4n) is 2.71. The second kappa shape index (κ2) is 5.83. The van der Waals surface area contributed by atoms with Crippen LogP contribution in [-0.4, -0.2) is 40.3 Å². The van der Waals surface area contributed by atoms with E-state index in [9.17, 15) is 10.2 Å². The van der Waals surface area contributed by atoms with Crippen LogP contribution in [0.25, 0.3) is 0 Å². The van der Waals surface area contributed by atoms with Crippen LogP contribution in [0.1, 0.15) is 31.9 Å². The second-order valence-corrected chi connectivity index (χ2v) is 5.38. The fourth-order valence-corrected chi connectivity index (χ4v) is 2.71. The maximum absolute atomic E-state index is 10.4. The molecule has 1 aliphatic rings. The Balaban J connectivity index is 1.98. The van der Waals surface area contributed by atoms with E-state index in [1.54, 1.807) is 0 Å². The average Bonchev–Trinajstić information content (AvgIpc) is 2.88. The summed E-state index contributed by atoms with van der Waals surface area (Å²) >= 11 is 0. The molecule has 0 unspecified atom stereocenters. The van der Waals surface area contributed by atoms with Gasteiger partial charge in [-0.3, -0.25) is 4.90 Å². The topological polar surface area (TPSA) is 43.7 Å². The summed E-state index contributed by atoms with van der Waals surface area (Å²) in [5.41, 5.74) is 0.963. The molecule has 18 heavy (non-hydrogen) atoms. The zero-order valence-corrected chi connectivity index (χ0v) is 11.2. The van der Waals surface area contributed by atoms with Gasteiger partial charge in [0.15, 0.2) is 0 Å². The van der Waals surface area contributed by atoms with Crippen LogP contribution in [0.2, 0.25) is 0 Å². The Morgan fingerprint density at radius 2 is 1.83 bits per heavy atom. The first-order chi connectivity index (χ1) is 8.59. The third kappa shape index (κ3) is 2.91. The summed E-state index contributed by atoms with van der Waals surface area (Å²) in [5, 5.41) is 20.0. The van der Waals surface area contributed by atoms with Gasteiger partial charge in [0.1, 0.15) is 0 Å². The molecule has 100 valence electrons. The summed E-state index contributed by atoms with van der Waals surface area (Å²) < 4.78 is 0. The van der Waals surface area contributed by atoms with Crippen molar-refractivity contribution in [2.45, 2.75) is 38.5 Å². The van der Waals surface area contributed by atoms with E-state index in [0.29, 0.717) is 5.92 Å². The van der Waals surface area contributed by atoms with Crippen LogP contribution < -0.4 is 0 Å². The van der Waals surface area contributed by atoms with Gasteiger partial charge in [0.2, 0.25) is 0 Å². The Kier molecular flexibility index (Phi) is 4.38. The number of likely N-dealkylation sites (tertiary alicyclic amines) is 1. The van der Waals surface area contributed by atoms with E-state index in [1.165, 1.54) is 0 Å². The Morgan fingerprint density at radius 1 is 1.17 bits per heavy atom. The molecular weight excluding hydrogens is 226 g/mol. The van der Waals surface area contributed by atoms with E-state index in [0.717, 1.165) is 25.1 Å². The number of aliphatic hydroxyl groups is 2. The molecule has 0 spiro atoms. The highest BCUT2D eigenvalue weighted by molar-refractivity contribution is 5.18. The average molecular weight is 249 g/mol. The number of nitrogens with zero attached hydrogens (tertiary/aromatic N) is 1. The first-order valence-corrected chi connectivity index (χ1v) is 6.74. The third-order valence-corrected chi connectivity index (χ3v) is 4.11. The third-order valence-electron chi connectivity index (χ3n) is 4.11. The highest BCUT2D eigenvalue weighted by Gasteiger charge is 2.31. The first-order valence-electron chi connectivity index (χ1n) is 6.74. The Labute approximate surface area is 109 Å². The van der Waals surface area contributed by atoms with E-state index < -0.39 is 6.10 Å². The maximum Gasteiger partial charge on any atom is 0.0942 e.